The van der Waals surface area contributed by atoms with E-state index in [0.29, 0.717) is 11.5 Å². The summed E-state index contributed by atoms with van der Waals surface area (Å²) in [6.07, 6.45) is 3.73. The predicted molar refractivity (Wildman–Crippen MR) is 109 cm³/mol. The van der Waals surface area contributed by atoms with Crippen molar-refractivity contribution < 1.29 is 9.90 Å². The van der Waals surface area contributed by atoms with Gasteiger partial charge in [0.15, 0.2) is 5.69 Å². The summed E-state index contributed by atoms with van der Waals surface area (Å²) in [6.45, 7) is 4.19. The second kappa shape index (κ2) is 7.15. The Kier molecular flexibility index (Phi) is 4.53. The zero-order valence-corrected chi connectivity index (χ0v) is 15.6. The predicted octanol–water partition coefficient (Wildman–Crippen LogP) is 5.71. The number of carbonyl (C=O) groups excluding carboxylic acids is 1. The molecule has 0 spiro atoms. The maximum atomic E-state index is 12.7. The van der Waals surface area contributed by atoms with Crippen LogP contribution in [0.1, 0.15) is 35.7 Å². The van der Waals surface area contributed by atoms with Crippen molar-refractivity contribution in [3.05, 3.63) is 78.1 Å². The number of aromatic hydroxyl groups is 1. The van der Waals surface area contributed by atoms with Gasteiger partial charge in [0.25, 0.3) is 5.91 Å². The van der Waals surface area contributed by atoms with Crippen molar-refractivity contribution in [3.8, 4) is 11.6 Å². The van der Waals surface area contributed by atoms with E-state index in [4.69, 9.17) is 0 Å². The van der Waals surface area contributed by atoms with Gasteiger partial charge >= 0.3 is 0 Å². The normalized spacial score (nSPS) is 11.7. The number of aromatic amines is 1. The fourth-order valence-electron chi connectivity index (χ4n) is 3.17. The molecule has 28 heavy (non-hydrogen) atoms. The number of carbonyl (C=O) groups is 1. The molecule has 0 saturated heterocycles. The number of amides is 1. The van der Waals surface area contributed by atoms with Gasteiger partial charge in [-0.1, -0.05) is 32.0 Å². The molecule has 4 aromatic rings. The van der Waals surface area contributed by atoms with Crippen molar-refractivity contribution in [1.29, 1.82) is 0 Å². The number of fused-ring (bicyclic) bond motifs is 1. The van der Waals surface area contributed by atoms with Crippen LogP contribution in [0.15, 0.2) is 77.2 Å². The number of hydrogen-bond donors (Lipinski definition) is 2. The standard InChI is InChI=1S/C22H20N4O2/c1-14(2)15-9-10-18-17(13-15)20(22(28)23-18)24-25-21(27)16-7-3-4-8-19(16)26-11-5-6-12-26/h3-14,23,28H,1-2H3. The number of azo groups is 1. The number of para-hydroxylation sites is 1. The van der Waals surface area contributed by atoms with Crippen LogP contribution >= 0.6 is 0 Å². The van der Waals surface area contributed by atoms with Gasteiger partial charge in [-0.25, -0.2) is 0 Å². The topological polar surface area (TPSA) is 82.7 Å². The van der Waals surface area contributed by atoms with Crippen molar-refractivity contribution in [1.82, 2.24) is 9.55 Å². The number of hydrogen-bond acceptors (Lipinski definition) is 3. The number of aromatic nitrogens is 2. The molecule has 0 radical (unpaired) electrons. The Morgan fingerprint density at radius 2 is 1.82 bits per heavy atom. The minimum atomic E-state index is -0.474. The molecule has 1 amide bonds. The lowest BCUT2D eigenvalue weighted by Gasteiger charge is -2.07. The summed E-state index contributed by atoms with van der Waals surface area (Å²) in [5.74, 6) is -0.245. The fourth-order valence-corrected chi connectivity index (χ4v) is 3.17. The van der Waals surface area contributed by atoms with Crippen molar-refractivity contribution in [2.24, 2.45) is 10.2 Å². The maximum absolute atomic E-state index is 12.7. The molecule has 0 bridgehead atoms. The Bertz CT molecular complexity index is 1170. The summed E-state index contributed by atoms with van der Waals surface area (Å²) in [5.41, 5.74) is 3.29. The highest BCUT2D eigenvalue weighted by Crippen LogP contribution is 2.37. The lowest BCUT2D eigenvalue weighted by molar-refractivity contribution is 0.0995. The Hall–Kier alpha value is -3.67. The van der Waals surface area contributed by atoms with E-state index in [1.54, 1.807) is 12.1 Å². The van der Waals surface area contributed by atoms with Gasteiger partial charge in [0.05, 0.1) is 16.8 Å². The Morgan fingerprint density at radius 3 is 2.57 bits per heavy atom. The Balaban J connectivity index is 1.72. The van der Waals surface area contributed by atoms with E-state index in [1.165, 1.54) is 0 Å². The van der Waals surface area contributed by atoms with Gasteiger partial charge in [0, 0.05) is 17.8 Å². The average molecular weight is 372 g/mol. The molecule has 0 fully saturated rings. The van der Waals surface area contributed by atoms with Crippen LogP contribution in [-0.2, 0) is 0 Å². The van der Waals surface area contributed by atoms with E-state index in [1.807, 2.05) is 59.4 Å². The summed E-state index contributed by atoms with van der Waals surface area (Å²) >= 11 is 0. The van der Waals surface area contributed by atoms with Crippen LogP contribution in [0.5, 0.6) is 5.88 Å². The zero-order valence-electron chi connectivity index (χ0n) is 15.6. The van der Waals surface area contributed by atoms with Crippen molar-refractivity contribution in [2.45, 2.75) is 19.8 Å². The number of benzene rings is 2. The number of rotatable bonds is 4. The minimum Gasteiger partial charge on any atom is -0.493 e. The molecule has 4 rings (SSSR count). The second-order valence-electron chi connectivity index (χ2n) is 6.89. The molecule has 140 valence electrons. The summed E-state index contributed by atoms with van der Waals surface area (Å²) in [4.78, 5) is 15.6. The van der Waals surface area contributed by atoms with Gasteiger partial charge in [0.2, 0.25) is 5.88 Å². The van der Waals surface area contributed by atoms with Gasteiger partial charge in [0.1, 0.15) is 0 Å². The van der Waals surface area contributed by atoms with E-state index in [9.17, 15) is 9.90 Å². The zero-order chi connectivity index (χ0) is 19.7. The molecule has 0 aliphatic heterocycles. The van der Waals surface area contributed by atoms with Crippen LogP contribution in [0.3, 0.4) is 0 Å². The molecule has 6 nitrogen and oxygen atoms in total. The highest BCUT2D eigenvalue weighted by molar-refractivity contribution is 5.99. The highest BCUT2D eigenvalue weighted by atomic mass is 16.3. The minimum absolute atomic E-state index is 0.105. The first-order valence-electron chi connectivity index (χ1n) is 9.07. The molecule has 0 unspecified atom stereocenters. The molecular weight excluding hydrogens is 352 g/mol. The first-order chi connectivity index (χ1) is 13.5. The van der Waals surface area contributed by atoms with Crippen LogP contribution < -0.4 is 0 Å². The van der Waals surface area contributed by atoms with Crippen LogP contribution in [0, 0.1) is 0 Å². The van der Waals surface area contributed by atoms with Crippen molar-refractivity contribution in [2.75, 3.05) is 0 Å². The third-order valence-electron chi connectivity index (χ3n) is 4.70. The highest BCUT2D eigenvalue weighted by Gasteiger charge is 2.15. The second-order valence-corrected chi connectivity index (χ2v) is 6.89. The largest absolute Gasteiger partial charge is 0.493 e. The third kappa shape index (κ3) is 3.20. The summed E-state index contributed by atoms with van der Waals surface area (Å²) in [6, 6.07) is 16.8. The first kappa shape index (κ1) is 17.7. The summed E-state index contributed by atoms with van der Waals surface area (Å²) < 4.78 is 1.85. The molecule has 0 saturated carbocycles. The van der Waals surface area contributed by atoms with E-state index in [-0.39, 0.29) is 11.6 Å². The fraction of sp³-hybridized carbons (Fsp3) is 0.136. The van der Waals surface area contributed by atoms with E-state index in [2.05, 4.69) is 29.1 Å². The van der Waals surface area contributed by atoms with Crippen LogP contribution in [-0.4, -0.2) is 20.6 Å². The summed E-state index contributed by atoms with van der Waals surface area (Å²) in [5, 5.41) is 18.9. The van der Waals surface area contributed by atoms with Gasteiger partial charge in [-0.3, -0.25) is 4.79 Å². The van der Waals surface area contributed by atoms with Crippen LogP contribution in [0.2, 0.25) is 0 Å². The SMILES string of the molecule is CC(C)c1ccc2[nH]c(O)c(N=NC(=O)c3ccccc3-n3cccc3)c2c1. The molecule has 6 heteroatoms. The monoisotopic (exact) mass is 372 g/mol. The quantitative estimate of drug-likeness (QED) is 0.450. The van der Waals surface area contributed by atoms with Crippen LogP contribution in [0.25, 0.3) is 16.6 Å². The maximum Gasteiger partial charge on any atom is 0.297 e. The molecular formula is C22H20N4O2. The van der Waals surface area contributed by atoms with Gasteiger partial charge in [-0.2, -0.15) is 0 Å². The smallest absolute Gasteiger partial charge is 0.297 e. The van der Waals surface area contributed by atoms with Gasteiger partial charge in [-0.15, -0.1) is 10.2 Å². The average Bonchev–Trinajstić information content (AvgIpc) is 3.33. The number of H-pyrrole nitrogens is 1. The van der Waals surface area contributed by atoms with E-state index < -0.39 is 5.91 Å². The van der Waals surface area contributed by atoms with Crippen molar-refractivity contribution >= 4 is 22.5 Å². The van der Waals surface area contributed by atoms with Gasteiger partial charge in [-0.05, 0) is 47.9 Å². The third-order valence-corrected chi connectivity index (χ3v) is 4.70. The molecule has 2 N–H and O–H groups in total. The lowest BCUT2D eigenvalue weighted by Crippen LogP contribution is -2.02. The molecule has 2 aromatic carbocycles. The molecule has 0 aliphatic carbocycles. The molecule has 0 atom stereocenters. The van der Waals surface area contributed by atoms with Crippen LogP contribution in [0.4, 0.5) is 5.69 Å². The molecule has 2 heterocycles. The molecule has 2 aromatic heterocycles. The van der Waals surface area contributed by atoms with Gasteiger partial charge < -0.3 is 14.7 Å². The molecule has 0 aliphatic rings. The van der Waals surface area contributed by atoms with E-state index in [0.717, 1.165) is 22.2 Å². The number of nitrogens with one attached hydrogen (secondary N) is 1. The van der Waals surface area contributed by atoms with Crippen molar-refractivity contribution in [3.63, 3.8) is 0 Å². The van der Waals surface area contributed by atoms with E-state index >= 15 is 0 Å². The summed E-state index contributed by atoms with van der Waals surface area (Å²) in [7, 11) is 0. The Labute approximate surface area is 162 Å². The Morgan fingerprint density at radius 1 is 1.07 bits per heavy atom. The number of nitrogens with zero attached hydrogens (tertiary/aromatic N) is 3. The first-order valence-corrected chi connectivity index (χ1v) is 9.07. The lowest BCUT2D eigenvalue weighted by atomic mass is 10.0.